The second-order valence-electron chi connectivity index (χ2n) is 6.32. The zero-order valence-corrected chi connectivity index (χ0v) is 14.8. The number of hydrogen-bond donors (Lipinski definition) is 0. The molecule has 3 aromatic rings. The highest BCUT2D eigenvalue weighted by atomic mass is 16.3. The quantitative estimate of drug-likeness (QED) is 0.737. The van der Waals surface area contributed by atoms with Crippen molar-refractivity contribution in [3.63, 3.8) is 0 Å². The maximum absolute atomic E-state index is 12.7. The molecule has 5 nitrogen and oxygen atoms in total. The lowest BCUT2D eigenvalue weighted by Gasteiger charge is -2.23. The molecular weight excluding hydrogens is 302 g/mol. The Balaban J connectivity index is 1.79. The van der Waals surface area contributed by atoms with Crippen molar-refractivity contribution in [1.82, 2.24) is 14.7 Å². The van der Waals surface area contributed by atoms with Crippen LogP contribution < -0.4 is 0 Å². The van der Waals surface area contributed by atoms with E-state index in [9.17, 15) is 4.79 Å². The number of aromatic nitrogens is 2. The maximum Gasteiger partial charge on any atom is 0.227 e. The first-order valence-electron chi connectivity index (χ1n) is 8.11. The molecule has 1 atom stereocenters. The second kappa shape index (κ2) is 6.15. The summed E-state index contributed by atoms with van der Waals surface area (Å²) in [5, 5.41) is 5.44. The van der Waals surface area contributed by atoms with E-state index in [-0.39, 0.29) is 11.9 Å². The van der Waals surface area contributed by atoms with Crippen molar-refractivity contribution >= 4 is 16.9 Å². The van der Waals surface area contributed by atoms with Gasteiger partial charge >= 0.3 is 0 Å². The van der Waals surface area contributed by atoms with Gasteiger partial charge in [0.1, 0.15) is 11.3 Å². The predicted molar refractivity (Wildman–Crippen MR) is 93.8 cm³/mol. The highest BCUT2D eigenvalue weighted by Crippen LogP contribution is 2.27. The van der Waals surface area contributed by atoms with Crippen LogP contribution in [0.1, 0.15) is 35.7 Å². The summed E-state index contributed by atoms with van der Waals surface area (Å²) in [6.45, 7) is 5.92. The van der Waals surface area contributed by atoms with E-state index in [1.165, 1.54) is 0 Å². The Morgan fingerprint density at radius 3 is 2.67 bits per heavy atom. The van der Waals surface area contributed by atoms with E-state index in [0.717, 1.165) is 33.7 Å². The minimum absolute atomic E-state index is 0.0576. The van der Waals surface area contributed by atoms with Crippen molar-refractivity contribution in [2.24, 2.45) is 7.05 Å². The summed E-state index contributed by atoms with van der Waals surface area (Å²) in [6.07, 6.45) is 0.354. The molecular formula is C19H23N3O2. The van der Waals surface area contributed by atoms with Crippen LogP contribution >= 0.6 is 0 Å². The fourth-order valence-electron chi connectivity index (χ4n) is 2.96. The van der Waals surface area contributed by atoms with Gasteiger partial charge in [-0.05, 0) is 32.9 Å². The molecule has 0 bridgehead atoms. The Labute approximate surface area is 141 Å². The summed E-state index contributed by atoms with van der Waals surface area (Å²) in [7, 11) is 3.72. The van der Waals surface area contributed by atoms with Crippen molar-refractivity contribution in [2.45, 2.75) is 33.2 Å². The lowest BCUT2D eigenvalue weighted by Crippen LogP contribution is -2.31. The molecule has 3 rings (SSSR count). The smallest absolute Gasteiger partial charge is 0.227 e. The third-order valence-electron chi connectivity index (χ3n) is 4.82. The number of furan rings is 1. The van der Waals surface area contributed by atoms with E-state index in [1.54, 1.807) is 4.90 Å². The summed E-state index contributed by atoms with van der Waals surface area (Å²) >= 11 is 0. The van der Waals surface area contributed by atoms with Crippen LogP contribution in [0.2, 0.25) is 0 Å². The number of rotatable bonds is 4. The minimum atomic E-state index is -0.123. The van der Waals surface area contributed by atoms with Gasteiger partial charge in [-0.2, -0.15) is 5.10 Å². The topological polar surface area (TPSA) is 51.3 Å². The predicted octanol–water partition coefficient (Wildman–Crippen LogP) is 3.55. The summed E-state index contributed by atoms with van der Waals surface area (Å²) in [6, 6.07) is 9.76. The van der Waals surface area contributed by atoms with Crippen LogP contribution in [0.15, 0.2) is 34.7 Å². The van der Waals surface area contributed by atoms with E-state index in [4.69, 9.17) is 4.42 Å². The first-order valence-corrected chi connectivity index (χ1v) is 8.11. The molecule has 24 heavy (non-hydrogen) atoms. The largest absolute Gasteiger partial charge is 0.459 e. The third kappa shape index (κ3) is 2.82. The van der Waals surface area contributed by atoms with Gasteiger partial charge in [0, 0.05) is 30.7 Å². The Morgan fingerprint density at radius 1 is 1.33 bits per heavy atom. The van der Waals surface area contributed by atoms with Crippen molar-refractivity contribution in [2.75, 3.05) is 7.05 Å². The SMILES string of the molecule is Cc1nn(C)c(C)c1CC(=O)N(C)C(C)c1cc2ccccc2o1. The van der Waals surface area contributed by atoms with Crippen molar-refractivity contribution < 1.29 is 9.21 Å². The summed E-state index contributed by atoms with van der Waals surface area (Å²) < 4.78 is 7.71. The van der Waals surface area contributed by atoms with Crippen molar-refractivity contribution in [3.05, 3.63) is 53.0 Å². The van der Waals surface area contributed by atoms with Gasteiger partial charge in [0.25, 0.3) is 0 Å². The van der Waals surface area contributed by atoms with Gasteiger partial charge in [-0.15, -0.1) is 0 Å². The van der Waals surface area contributed by atoms with Gasteiger partial charge in [0.05, 0.1) is 18.2 Å². The van der Waals surface area contributed by atoms with Gasteiger partial charge in [0.2, 0.25) is 5.91 Å². The van der Waals surface area contributed by atoms with E-state index < -0.39 is 0 Å². The molecule has 2 heterocycles. The molecule has 0 N–H and O–H groups in total. The first kappa shape index (κ1) is 16.3. The number of para-hydroxylation sites is 1. The van der Waals surface area contributed by atoms with Crippen LogP contribution in [0.3, 0.4) is 0 Å². The fourth-order valence-corrected chi connectivity index (χ4v) is 2.96. The lowest BCUT2D eigenvalue weighted by atomic mass is 10.1. The minimum Gasteiger partial charge on any atom is -0.459 e. The summed E-state index contributed by atoms with van der Waals surface area (Å²) in [4.78, 5) is 14.4. The van der Waals surface area contributed by atoms with E-state index in [0.29, 0.717) is 6.42 Å². The molecule has 0 fully saturated rings. The number of hydrogen-bond acceptors (Lipinski definition) is 3. The highest BCUT2D eigenvalue weighted by molar-refractivity contribution is 5.80. The van der Waals surface area contributed by atoms with E-state index >= 15 is 0 Å². The number of nitrogens with zero attached hydrogens (tertiary/aromatic N) is 3. The van der Waals surface area contributed by atoms with Gasteiger partial charge in [-0.25, -0.2) is 0 Å². The number of amides is 1. The summed E-state index contributed by atoms with van der Waals surface area (Å²) in [5.41, 5.74) is 3.80. The normalized spacial score (nSPS) is 12.5. The van der Waals surface area contributed by atoms with Crippen molar-refractivity contribution in [1.29, 1.82) is 0 Å². The highest BCUT2D eigenvalue weighted by Gasteiger charge is 2.23. The molecule has 0 aliphatic rings. The Morgan fingerprint density at radius 2 is 2.04 bits per heavy atom. The average molecular weight is 325 g/mol. The van der Waals surface area contributed by atoms with Crippen LogP contribution in [0.4, 0.5) is 0 Å². The van der Waals surface area contributed by atoms with Crippen LogP contribution in [0.5, 0.6) is 0 Å². The third-order valence-corrected chi connectivity index (χ3v) is 4.82. The lowest BCUT2D eigenvalue weighted by molar-refractivity contribution is -0.131. The fraction of sp³-hybridized carbons (Fsp3) is 0.368. The van der Waals surface area contributed by atoms with Crippen LogP contribution in [-0.2, 0) is 18.3 Å². The number of fused-ring (bicyclic) bond motifs is 1. The maximum atomic E-state index is 12.7. The first-order chi connectivity index (χ1) is 11.4. The average Bonchev–Trinajstić information content (AvgIpc) is 3.10. The van der Waals surface area contributed by atoms with Crippen LogP contribution in [0.25, 0.3) is 11.0 Å². The molecule has 126 valence electrons. The Hall–Kier alpha value is -2.56. The zero-order valence-electron chi connectivity index (χ0n) is 14.8. The number of benzene rings is 1. The number of likely N-dealkylation sites (N-methyl/N-ethyl adjacent to an activating group) is 1. The standard InChI is InChI=1S/C19H23N3O2/c1-12-16(13(2)22(5)20-12)11-19(23)21(4)14(3)18-10-15-8-6-7-9-17(15)24-18/h6-10,14H,11H2,1-5H3. The molecule has 2 aromatic heterocycles. The molecule has 0 saturated carbocycles. The van der Waals surface area contributed by atoms with E-state index in [1.807, 2.05) is 69.9 Å². The molecule has 0 aliphatic carbocycles. The summed E-state index contributed by atoms with van der Waals surface area (Å²) in [5.74, 6) is 0.855. The van der Waals surface area contributed by atoms with Gasteiger partial charge < -0.3 is 9.32 Å². The number of carbonyl (C=O) groups is 1. The second-order valence-corrected chi connectivity index (χ2v) is 6.32. The molecule has 0 aliphatic heterocycles. The molecule has 5 heteroatoms. The van der Waals surface area contributed by atoms with Crippen molar-refractivity contribution in [3.8, 4) is 0 Å². The van der Waals surface area contributed by atoms with E-state index in [2.05, 4.69) is 5.10 Å². The Kier molecular flexibility index (Phi) is 4.18. The molecule has 1 aromatic carbocycles. The molecule has 0 radical (unpaired) electrons. The zero-order chi connectivity index (χ0) is 17.4. The monoisotopic (exact) mass is 325 g/mol. The molecule has 0 saturated heterocycles. The molecule has 1 amide bonds. The molecule has 0 spiro atoms. The number of carbonyl (C=O) groups excluding carboxylic acids is 1. The molecule has 1 unspecified atom stereocenters. The van der Waals surface area contributed by atoms with Gasteiger partial charge in [-0.3, -0.25) is 9.48 Å². The Bertz CT molecular complexity index is 858. The van der Waals surface area contributed by atoms with Crippen LogP contribution in [-0.4, -0.2) is 27.6 Å². The van der Waals surface area contributed by atoms with Crippen LogP contribution in [0, 0.1) is 13.8 Å². The number of aryl methyl sites for hydroxylation is 2. The van der Waals surface area contributed by atoms with Gasteiger partial charge in [-0.1, -0.05) is 18.2 Å². The van der Waals surface area contributed by atoms with Gasteiger partial charge in [0.15, 0.2) is 0 Å².